The van der Waals surface area contributed by atoms with Crippen molar-refractivity contribution in [1.29, 1.82) is 0 Å². The number of aryl methyl sites for hydroxylation is 1. The van der Waals surface area contributed by atoms with Crippen LogP contribution in [0.4, 0.5) is 17.1 Å². The molecule has 56 heavy (non-hydrogen) atoms. The molecule has 1 heteroatoms. The Morgan fingerprint density at radius 2 is 0.696 bits per heavy atom. The van der Waals surface area contributed by atoms with E-state index in [1.54, 1.807) is 0 Å². The van der Waals surface area contributed by atoms with Gasteiger partial charge < -0.3 is 4.90 Å². The molecule has 0 radical (unpaired) electrons. The van der Waals surface area contributed by atoms with Gasteiger partial charge in [-0.2, -0.15) is 0 Å². The van der Waals surface area contributed by atoms with Gasteiger partial charge in [-0.1, -0.05) is 175 Å². The molecule has 264 valence electrons. The van der Waals surface area contributed by atoms with E-state index in [0.29, 0.717) is 0 Å². The minimum atomic E-state index is 1.10. The highest BCUT2D eigenvalue weighted by Gasteiger charge is 2.16. The second-order valence-electron chi connectivity index (χ2n) is 14.7. The summed E-state index contributed by atoms with van der Waals surface area (Å²) in [7, 11) is 0. The summed E-state index contributed by atoms with van der Waals surface area (Å²) in [5, 5.41) is 7.45. The van der Waals surface area contributed by atoms with Crippen LogP contribution in [0.2, 0.25) is 0 Å². The van der Waals surface area contributed by atoms with Crippen molar-refractivity contribution < 1.29 is 0 Å². The van der Waals surface area contributed by atoms with Gasteiger partial charge in [0.25, 0.3) is 0 Å². The average molecular weight is 714 g/mol. The predicted octanol–water partition coefficient (Wildman–Crippen LogP) is 15.6. The highest BCUT2D eigenvalue weighted by atomic mass is 15.1. The van der Waals surface area contributed by atoms with Gasteiger partial charge in [-0.15, -0.1) is 0 Å². The van der Waals surface area contributed by atoms with E-state index in [1.165, 1.54) is 82.4 Å². The Morgan fingerprint density at radius 1 is 0.268 bits per heavy atom. The topological polar surface area (TPSA) is 3.24 Å². The number of rotatable bonds is 7. The Hall–Kier alpha value is -7.22. The summed E-state index contributed by atoms with van der Waals surface area (Å²) in [5.41, 5.74) is 14.4. The Balaban J connectivity index is 1.05. The van der Waals surface area contributed by atoms with Gasteiger partial charge in [-0.25, -0.2) is 0 Å². The number of anilines is 3. The number of fused-ring (bicyclic) bond motifs is 3. The van der Waals surface area contributed by atoms with Crippen LogP contribution in [0.3, 0.4) is 0 Å². The molecule has 0 bridgehead atoms. The first kappa shape index (κ1) is 33.4. The molecule has 0 spiro atoms. The van der Waals surface area contributed by atoms with E-state index >= 15 is 0 Å². The van der Waals surface area contributed by atoms with Crippen LogP contribution in [-0.4, -0.2) is 0 Å². The van der Waals surface area contributed by atoms with Crippen LogP contribution >= 0.6 is 0 Å². The van der Waals surface area contributed by atoms with E-state index in [-0.39, 0.29) is 0 Å². The fourth-order valence-electron chi connectivity index (χ4n) is 8.15. The third kappa shape index (κ3) is 6.30. The van der Waals surface area contributed by atoms with E-state index in [2.05, 4.69) is 230 Å². The van der Waals surface area contributed by atoms with Crippen molar-refractivity contribution in [3.05, 3.63) is 224 Å². The zero-order valence-electron chi connectivity index (χ0n) is 31.2. The second-order valence-corrected chi connectivity index (χ2v) is 14.7. The predicted molar refractivity (Wildman–Crippen MR) is 240 cm³/mol. The summed E-state index contributed by atoms with van der Waals surface area (Å²) in [4.78, 5) is 2.37. The van der Waals surface area contributed by atoms with E-state index in [0.717, 1.165) is 17.1 Å². The van der Waals surface area contributed by atoms with Gasteiger partial charge in [-0.05, 0) is 132 Å². The van der Waals surface area contributed by atoms with Gasteiger partial charge in [-0.3, -0.25) is 0 Å². The zero-order valence-corrected chi connectivity index (χ0v) is 31.2. The lowest BCUT2D eigenvalue weighted by atomic mass is 9.91. The first-order valence-electron chi connectivity index (χ1n) is 19.3. The highest BCUT2D eigenvalue weighted by Crippen LogP contribution is 2.41. The van der Waals surface area contributed by atoms with Gasteiger partial charge in [0.1, 0.15) is 0 Å². The van der Waals surface area contributed by atoms with Crippen LogP contribution in [0.5, 0.6) is 0 Å². The van der Waals surface area contributed by atoms with E-state index in [1.807, 2.05) is 0 Å². The summed E-state index contributed by atoms with van der Waals surface area (Å²) < 4.78 is 0. The van der Waals surface area contributed by atoms with Crippen LogP contribution in [0.15, 0.2) is 218 Å². The van der Waals surface area contributed by atoms with Crippen molar-refractivity contribution >= 4 is 49.4 Å². The van der Waals surface area contributed by atoms with E-state index < -0.39 is 0 Å². The average Bonchev–Trinajstić information content (AvgIpc) is 3.27. The van der Waals surface area contributed by atoms with E-state index in [4.69, 9.17) is 0 Å². The lowest BCUT2D eigenvalue weighted by Gasteiger charge is -2.26. The molecule has 0 aliphatic carbocycles. The molecule has 10 aromatic rings. The van der Waals surface area contributed by atoms with E-state index in [9.17, 15) is 0 Å². The zero-order chi connectivity index (χ0) is 37.4. The maximum atomic E-state index is 2.37. The molecule has 0 N–H and O–H groups in total. The standard InChI is InChI=1S/C55H39N/c1-38-17-19-42(20-18-38)53-15-7-13-44-14-8-16-54(55(44)53)43-27-32-51(33-28-43)56(50-30-25-41(26-31-50)39-9-3-2-4-10-39)52-34-29-48-36-47(23-24-49(48)37-52)46-22-21-40-11-5-6-12-45(40)35-46/h2-37H,1H3. The van der Waals surface area contributed by atoms with Gasteiger partial charge in [0.2, 0.25) is 0 Å². The Bertz CT molecular complexity index is 2990. The first-order valence-corrected chi connectivity index (χ1v) is 19.3. The van der Waals surface area contributed by atoms with Crippen LogP contribution in [-0.2, 0) is 0 Å². The molecular weight excluding hydrogens is 675 g/mol. The van der Waals surface area contributed by atoms with Crippen molar-refractivity contribution in [2.24, 2.45) is 0 Å². The Labute approximate surface area is 328 Å². The molecule has 0 amide bonds. The minimum absolute atomic E-state index is 1.10. The van der Waals surface area contributed by atoms with Crippen molar-refractivity contribution in [3.8, 4) is 44.5 Å². The molecule has 10 rings (SSSR count). The third-order valence-corrected chi connectivity index (χ3v) is 11.1. The van der Waals surface area contributed by atoms with Crippen LogP contribution in [0.1, 0.15) is 5.56 Å². The SMILES string of the molecule is Cc1ccc(-c2cccc3cccc(-c4ccc(N(c5ccc(-c6ccccc6)cc5)c5ccc6cc(-c7ccc8ccccc8c7)ccc6c5)cc4)c23)cc1. The monoisotopic (exact) mass is 713 g/mol. The van der Waals surface area contributed by atoms with Gasteiger partial charge >= 0.3 is 0 Å². The van der Waals surface area contributed by atoms with Gasteiger partial charge in [0.15, 0.2) is 0 Å². The molecular formula is C55H39N. The van der Waals surface area contributed by atoms with Gasteiger partial charge in [0.05, 0.1) is 0 Å². The van der Waals surface area contributed by atoms with Crippen LogP contribution in [0, 0.1) is 6.92 Å². The molecule has 0 saturated heterocycles. The summed E-state index contributed by atoms with van der Waals surface area (Å²) in [6.45, 7) is 2.14. The lowest BCUT2D eigenvalue weighted by Crippen LogP contribution is -2.09. The highest BCUT2D eigenvalue weighted by molar-refractivity contribution is 6.06. The third-order valence-electron chi connectivity index (χ3n) is 11.1. The maximum absolute atomic E-state index is 2.37. The number of hydrogen-bond acceptors (Lipinski definition) is 1. The molecule has 0 unspecified atom stereocenters. The number of nitrogens with zero attached hydrogens (tertiary/aromatic N) is 1. The number of benzene rings is 10. The fourth-order valence-corrected chi connectivity index (χ4v) is 8.15. The number of hydrogen-bond donors (Lipinski definition) is 0. The molecule has 0 aromatic heterocycles. The molecule has 0 fully saturated rings. The summed E-state index contributed by atoms with van der Waals surface area (Å²) in [6, 6.07) is 79.7. The first-order chi connectivity index (χ1) is 27.6. The summed E-state index contributed by atoms with van der Waals surface area (Å²) in [5.74, 6) is 0. The maximum Gasteiger partial charge on any atom is 0.0468 e. The Morgan fingerprint density at radius 3 is 1.34 bits per heavy atom. The van der Waals surface area contributed by atoms with Crippen molar-refractivity contribution in [2.75, 3.05) is 4.90 Å². The van der Waals surface area contributed by atoms with Crippen molar-refractivity contribution in [2.45, 2.75) is 6.92 Å². The molecule has 1 nitrogen and oxygen atoms in total. The molecule has 10 aromatic carbocycles. The quantitative estimate of drug-likeness (QED) is 0.159. The normalized spacial score (nSPS) is 11.3. The van der Waals surface area contributed by atoms with Crippen molar-refractivity contribution in [3.63, 3.8) is 0 Å². The second kappa shape index (κ2) is 14.2. The minimum Gasteiger partial charge on any atom is -0.310 e. The Kier molecular flexibility index (Phi) is 8.46. The molecule has 0 aliphatic heterocycles. The molecule has 0 heterocycles. The largest absolute Gasteiger partial charge is 0.310 e. The van der Waals surface area contributed by atoms with Crippen molar-refractivity contribution in [1.82, 2.24) is 0 Å². The molecule has 0 aliphatic rings. The smallest absolute Gasteiger partial charge is 0.0468 e. The molecule has 0 atom stereocenters. The fraction of sp³-hybridized carbons (Fsp3) is 0.0182. The van der Waals surface area contributed by atoms with Gasteiger partial charge in [0, 0.05) is 17.1 Å². The summed E-state index contributed by atoms with van der Waals surface area (Å²) in [6.07, 6.45) is 0. The lowest BCUT2D eigenvalue weighted by molar-refractivity contribution is 1.29. The molecule has 0 saturated carbocycles. The summed E-state index contributed by atoms with van der Waals surface area (Å²) >= 11 is 0. The van der Waals surface area contributed by atoms with Crippen LogP contribution < -0.4 is 4.90 Å². The van der Waals surface area contributed by atoms with Crippen LogP contribution in [0.25, 0.3) is 76.8 Å².